The molecule has 0 aromatic rings. The molecule has 0 aliphatic heterocycles. The van der Waals surface area contributed by atoms with Gasteiger partial charge in [0.2, 0.25) is 1.43 Å². The number of hydrogen-bond acceptors (Lipinski definition) is 3. The smallest absolute Gasteiger partial charge is 0.303 e. The lowest BCUT2D eigenvalue weighted by molar-refractivity contribution is -0.156. The van der Waals surface area contributed by atoms with Gasteiger partial charge in [0, 0.05) is 12.8 Å². The van der Waals surface area contributed by atoms with E-state index >= 15 is 0 Å². The third kappa shape index (κ3) is 3.20. The van der Waals surface area contributed by atoms with Crippen LogP contribution in [0.1, 0.15) is 26.7 Å². The molecule has 1 N–H and O–H groups in total. The number of hydrogen-bond donors (Lipinski definition) is 1. The Labute approximate surface area is 91.9 Å². The molecule has 1 rings (SSSR count). The van der Waals surface area contributed by atoms with Crippen molar-refractivity contribution in [2.75, 3.05) is 0 Å². The summed E-state index contributed by atoms with van der Waals surface area (Å²) in [5.41, 5.74) is 1.16. The van der Waals surface area contributed by atoms with Crippen LogP contribution in [0.15, 0.2) is 24.3 Å². The van der Waals surface area contributed by atoms with Crippen molar-refractivity contribution in [3.05, 3.63) is 24.3 Å². The predicted octanol–water partition coefficient (Wildman–Crippen LogP) is 1.82. The van der Waals surface area contributed by atoms with Crippen molar-refractivity contribution in [3.8, 4) is 0 Å². The second-order valence-corrected chi connectivity index (χ2v) is 4.02. The van der Waals surface area contributed by atoms with Gasteiger partial charge in [0.25, 0.3) is 0 Å². The lowest BCUT2D eigenvalue weighted by Crippen LogP contribution is -2.39. The fourth-order valence-corrected chi connectivity index (χ4v) is 1.99. The molecule has 0 fully saturated rings. The van der Waals surface area contributed by atoms with Gasteiger partial charge in [-0.3, -0.25) is 4.79 Å². The minimum atomic E-state index is -0.378. The van der Waals surface area contributed by atoms with E-state index in [9.17, 15) is 4.79 Å². The molecule has 1 aliphatic carbocycles. The highest BCUT2D eigenvalue weighted by Crippen LogP contribution is 2.28. The number of rotatable bonds is 4. The second-order valence-electron chi connectivity index (χ2n) is 4.02. The molecule has 0 amide bonds. The minimum Gasteiger partial charge on any atom is -0.459 e. The van der Waals surface area contributed by atoms with E-state index in [0.29, 0.717) is 6.42 Å². The Morgan fingerprint density at radius 2 is 2.67 bits per heavy atom. The lowest BCUT2D eigenvalue weighted by atomic mass is 9.84. The summed E-state index contributed by atoms with van der Waals surface area (Å²) in [7, 11) is 0. The van der Waals surface area contributed by atoms with Crippen molar-refractivity contribution in [2.45, 2.75) is 38.9 Å². The average Bonchev–Trinajstić information content (AvgIpc) is 2.21. The van der Waals surface area contributed by atoms with Crippen molar-refractivity contribution in [1.29, 1.82) is 1.43 Å². The first-order valence-corrected chi connectivity index (χ1v) is 5.15. The fourth-order valence-electron chi connectivity index (χ4n) is 1.99. The predicted molar refractivity (Wildman–Crippen MR) is 58.2 cm³/mol. The maximum atomic E-state index is 11.0. The highest BCUT2D eigenvalue weighted by molar-refractivity contribution is 5.66. The fraction of sp³-hybridized carbons (Fsp3) is 0.583. The molecule has 3 heteroatoms. The van der Waals surface area contributed by atoms with Crippen LogP contribution in [0.4, 0.5) is 0 Å². The molecule has 0 spiro atoms. The topological polar surface area (TPSA) is 46.5 Å². The Morgan fingerprint density at radius 1 is 1.93 bits per heavy atom. The van der Waals surface area contributed by atoms with E-state index in [2.05, 4.69) is 17.8 Å². The van der Waals surface area contributed by atoms with E-state index in [1.165, 1.54) is 6.92 Å². The lowest BCUT2D eigenvalue weighted by Gasteiger charge is -2.32. The average molecular weight is 212 g/mol. The van der Waals surface area contributed by atoms with Gasteiger partial charge in [0.05, 0.1) is 6.10 Å². The van der Waals surface area contributed by atoms with Gasteiger partial charge >= 0.3 is 5.97 Å². The number of allylic oxidation sites excluding steroid dienone is 1. The molecular formula is C12H18O3. The molecule has 0 saturated carbocycles. The molecule has 3 nitrogen and oxygen atoms in total. The number of ether oxygens (including phenoxy) is 1. The Kier molecular flexibility index (Phi) is 3.56. The van der Waals surface area contributed by atoms with Crippen molar-refractivity contribution in [3.63, 3.8) is 0 Å². The SMILES string of the molecule is [3H]O[C@@H]1CC(C)=C[C@H](CC=C)[C@H]1OC(C)=O. The van der Waals surface area contributed by atoms with E-state index in [1.54, 1.807) is 6.08 Å². The van der Waals surface area contributed by atoms with Crippen LogP contribution in [0.25, 0.3) is 0 Å². The number of esters is 1. The second kappa shape index (κ2) is 5.12. The van der Waals surface area contributed by atoms with E-state index in [4.69, 9.17) is 6.17 Å². The number of aliphatic hydroxyl groups excluding tert-OH is 1. The summed E-state index contributed by atoms with van der Waals surface area (Å²) in [5.74, 6) is -0.278. The number of carbonyl (C=O) groups excluding carboxylic acids is 1. The van der Waals surface area contributed by atoms with E-state index in [0.717, 1.165) is 12.0 Å². The molecule has 0 bridgehead atoms. The summed E-state index contributed by atoms with van der Waals surface area (Å²) in [6.07, 6.45) is 4.46. The number of carbonyl (C=O) groups is 1. The Bertz CT molecular complexity index is 299. The third-order valence-electron chi connectivity index (χ3n) is 2.55. The monoisotopic (exact) mass is 212 g/mol. The van der Waals surface area contributed by atoms with Crippen LogP contribution in [0, 0.1) is 5.92 Å². The normalized spacial score (nSPS) is 31.5. The standard InChI is InChI=1S/C12H18O3/c1-4-5-10-6-8(2)7-11(14)12(10)15-9(3)13/h4,6,10-12,14H,1,5,7H2,2-3H3/t10-,11+,12+/m0/s1/i14T. The van der Waals surface area contributed by atoms with Crippen LogP contribution in [0.5, 0.6) is 0 Å². The van der Waals surface area contributed by atoms with Gasteiger partial charge in [0.1, 0.15) is 6.10 Å². The third-order valence-corrected chi connectivity index (χ3v) is 2.55. The molecule has 0 aromatic heterocycles. The van der Waals surface area contributed by atoms with Gasteiger partial charge in [-0.1, -0.05) is 17.7 Å². The Hall–Kier alpha value is -1.09. The van der Waals surface area contributed by atoms with Crippen LogP contribution >= 0.6 is 0 Å². The van der Waals surface area contributed by atoms with Crippen molar-refractivity contribution in [2.24, 2.45) is 5.92 Å². The quantitative estimate of drug-likeness (QED) is 0.571. The van der Waals surface area contributed by atoms with Gasteiger partial charge in [-0.2, -0.15) is 0 Å². The summed E-state index contributed by atoms with van der Waals surface area (Å²) in [4.78, 5) is 11.0. The van der Waals surface area contributed by atoms with Gasteiger partial charge in [-0.05, 0) is 19.8 Å². The molecule has 0 heterocycles. The maximum Gasteiger partial charge on any atom is 0.303 e. The van der Waals surface area contributed by atoms with Crippen molar-refractivity contribution in [1.82, 2.24) is 0 Å². The summed E-state index contributed by atoms with van der Waals surface area (Å²) in [6.45, 7) is 7.05. The van der Waals surface area contributed by atoms with E-state index in [-0.39, 0.29) is 24.1 Å². The summed E-state index contributed by atoms with van der Waals surface area (Å²) >= 11 is 0. The molecule has 0 radical (unpaired) electrons. The van der Waals surface area contributed by atoms with Gasteiger partial charge in [-0.15, -0.1) is 6.58 Å². The highest BCUT2D eigenvalue weighted by Gasteiger charge is 2.32. The molecule has 15 heavy (non-hydrogen) atoms. The van der Waals surface area contributed by atoms with Gasteiger partial charge < -0.3 is 9.85 Å². The summed E-state index contributed by atoms with van der Waals surface area (Å²) in [6, 6.07) is 0. The molecule has 0 saturated heterocycles. The zero-order chi connectivity index (χ0) is 12.1. The molecular weight excluding hydrogens is 192 g/mol. The first-order chi connectivity index (χ1) is 7.58. The van der Waals surface area contributed by atoms with Crippen LogP contribution in [0.3, 0.4) is 0 Å². The van der Waals surface area contributed by atoms with E-state index in [1.807, 2.05) is 6.92 Å². The van der Waals surface area contributed by atoms with Crippen LogP contribution in [-0.2, 0) is 9.53 Å². The zero-order valence-corrected chi connectivity index (χ0v) is 9.23. The molecule has 0 unspecified atom stereocenters. The molecule has 3 atom stereocenters. The maximum absolute atomic E-state index is 11.0. The zero-order valence-electron chi connectivity index (χ0n) is 10.2. The summed E-state index contributed by atoms with van der Waals surface area (Å²) < 4.78 is 12.3. The van der Waals surface area contributed by atoms with Gasteiger partial charge in [-0.25, -0.2) is 0 Å². The van der Waals surface area contributed by atoms with Crippen LogP contribution in [0.2, 0.25) is 0 Å². The first-order valence-electron chi connectivity index (χ1n) is 5.56. The van der Waals surface area contributed by atoms with E-state index < -0.39 is 0 Å². The molecule has 0 aromatic carbocycles. The minimum absolute atomic E-state index is 0.0606. The first kappa shape index (κ1) is 10.4. The van der Waals surface area contributed by atoms with Crippen LogP contribution in [-0.4, -0.2) is 24.7 Å². The Balaban J connectivity index is 2.85. The van der Waals surface area contributed by atoms with Crippen molar-refractivity contribution >= 4 is 5.97 Å². The van der Waals surface area contributed by atoms with Gasteiger partial charge in [0.15, 0.2) is 0 Å². The Morgan fingerprint density at radius 3 is 3.20 bits per heavy atom. The molecule has 84 valence electrons. The molecule has 1 aliphatic rings. The summed E-state index contributed by atoms with van der Waals surface area (Å²) in [5, 5.41) is 4.65. The largest absolute Gasteiger partial charge is 0.459 e. The van der Waals surface area contributed by atoms with Crippen LogP contribution < -0.4 is 0 Å². The highest BCUT2D eigenvalue weighted by atomic mass is 16.6. The van der Waals surface area contributed by atoms with Crippen molar-refractivity contribution < 1.29 is 14.6 Å². The number of aliphatic hydroxyl groups is 1.